The third-order valence-electron chi connectivity index (χ3n) is 2.70. The molecule has 1 aromatic rings. The van der Waals surface area contributed by atoms with E-state index in [-0.39, 0.29) is 24.6 Å². The number of benzene rings is 1. The molecule has 0 unspecified atom stereocenters. The predicted molar refractivity (Wildman–Crippen MR) is 78.9 cm³/mol. The first-order chi connectivity index (χ1) is 9.00. The minimum atomic E-state index is -0.810. The first kappa shape index (κ1) is 18.4. The lowest BCUT2D eigenvalue weighted by atomic mass is 10.1. The average Bonchev–Trinajstić information content (AvgIpc) is 2.36. The van der Waals surface area contributed by atoms with Gasteiger partial charge in [0.25, 0.3) is 0 Å². The summed E-state index contributed by atoms with van der Waals surface area (Å²) < 4.78 is 5.57. The lowest BCUT2D eigenvalue weighted by Gasteiger charge is -2.16. The number of ketones is 1. The van der Waals surface area contributed by atoms with E-state index in [2.05, 4.69) is 0 Å². The van der Waals surface area contributed by atoms with Crippen LogP contribution >= 0.6 is 12.4 Å². The van der Waals surface area contributed by atoms with E-state index in [1.54, 1.807) is 18.2 Å². The lowest BCUT2D eigenvalue weighted by molar-refractivity contribution is -0.137. The Labute approximate surface area is 124 Å². The Kier molecular flexibility index (Phi) is 8.59. The van der Waals surface area contributed by atoms with Gasteiger partial charge in [-0.3, -0.25) is 9.59 Å². The number of ether oxygens (including phenoxy) is 1. The molecule has 0 aliphatic rings. The van der Waals surface area contributed by atoms with Gasteiger partial charge in [-0.05, 0) is 26.1 Å². The molecule has 112 valence electrons. The number of para-hydroxylation sites is 1. The number of likely N-dealkylation sites (N-methyl/N-ethyl adjacent to an activating group) is 1. The van der Waals surface area contributed by atoms with Crippen LogP contribution in [-0.4, -0.2) is 48.5 Å². The van der Waals surface area contributed by atoms with E-state index in [9.17, 15) is 9.59 Å². The van der Waals surface area contributed by atoms with Gasteiger partial charge in [0.15, 0.2) is 5.78 Å². The summed E-state index contributed by atoms with van der Waals surface area (Å²) in [5, 5.41) is 8.57. The minimum absolute atomic E-state index is 0. The van der Waals surface area contributed by atoms with E-state index in [1.165, 1.54) is 6.92 Å². The molecule has 0 atom stereocenters. The highest BCUT2D eigenvalue weighted by Crippen LogP contribution is 2.18. The van der Waals surface area contributed by atoms with Crippen LogP contribution in [0.25, 0.3) is 0 Å². The largest absolute Gasteiger partial charge is 0.491 e. The monoisotopic (exact) mass is 301 g/mol. The zero-order valence-electron chi connectivity index (χ0n) is 11.7. The molecular formula is C14H20ClNO4. The zero-order chi connectivity index (χ0) is 14.3. The summed E-state index contributed by atoms with van der Waals surface area (Å²) in [6.45, 7) is 3.01. The fourth-order valence-corrected chi connectivity index (χ4v) is 1.59. The molecule has 0 amide bonds. The van der Waals surface area contributed by atoms with E-state index < -0.39 is 5.97 Å². The molecule has 20 heavy (non-hydrogen) atoms. The maximum Gasteiger partial charge on any atom is 0.304 e. The Morgan fingerprint density at radius 3 is 2.50 bits per heavy atom. The van der Waals surface area contributed by atoms with Gasteiger partial charge < -0.3 is 14.7 Å². The van der Waals surface area contributed by atoms with Crippen molar-refractivity contribution in [1.29, 1.82) is 0 Å². The van der Waals surface area contributed by atoms with Crippen molar-refractivity contribution in [1.82, 2.24) is 4.90 Å². The SMILES string of the molecule is CC(=O)c1ccccc1OCCN(C)CCC(=O)O.Cl. The van der Waals surface area contributed by atoms with Crippen molar-refractivity contribution in [3.63, 3.8) is 0 Å². The smallest absolute Gasteiger partial charge is 0.304 e. The van der Waals surface area contributed by atoms with Gasteiger partial charge in [0.2, 0.25) is 0 Å². The summed E-state index contributed by atoms with van der Waals surface area (Å²) in [5.41, 5.74) is 0.565. The molecule has 1 aromatic carbocycles. The normalized spacial score (nSPS) is 9.95. The first-order valence-electron chi connectivity index (χ1n) is 6.14. The number of hydrogen-bond acceptors (Lipinski definition) is 4. The van der Waals surface area contributed by atoms with Gasteiger partial charge in [-0.15, -0.1) is 12.4 Å². The fourth-order valence-electron chi connectivity index (χ4n) is 1.59. The second-order valence-electron chi connectivity index (χ2n) is 4.35. The highest BCUT2D eigenvalue weighted by molar-refractivity contribution is 5.96. The van der Waals surface area contributed by atoms with Gasteiger partial charge in [0.1, 0.15) is 12.4 Å². The summed E-state index contributed by atoms with van der Waals surface area (Å²) in [4.78, 5) is 23.7. The average molecular weight is 302 g/mol. The molecule has 5 nitrogen and oxygen atoms in total. The van der Waals surface area contributed by atoms with Crippen molar-refractivity contribution in [3.8, 4) is 5.75 Å². The number of rotatable bonds is 8. The van der Waals surface area contributed by atoms with E-state index in [0.717, 1.165) is 0 Å². The molecule has 0 bridgehead atoms. The summed E-state index contributed by atoms with van der Waals surface area (Å²) in [5.74, 6) is -0.272. The van der Waals surface area contributed by atoms with E-state index in [1.807, 2.05) is 18.0 Å². The lowest BCUT2D eigenvalue weighted by Crippen LogP contribution is -2.26. The highest BCUT2D eigenvalue weighted by Gasteiger charge is 2.08. The molecule has 1 rings (SSSR count). The third-order valence-corrected chi connectivity index (χ3v) is 2.70. The summed E-state index contributed by atoms with van der Waals surface area (Å²) in [7, 11) is 1.84. The minimum Gasteiger partial charge on any atom is -0.491 e. The van der Waals surface area contributed by atoms with Gasteiger partial charge in [0.05, 0.1) is 12.0 Å². The van der Waals surface area contributed by atoms with Crippen LogP contribution in [0.4, 0.5) is 0 Å². The number of aliphatic carboxylic acids is 1. The van der Waals surface area contributed by atoms with Gasteiger partial charge >= 0.3 is 5.97 Å². The molecule has 6 heteroatoms. The molecule has 0 fully saturated rings. The van der Waals surface area contributed by atoms with Gasteiger partial charge in [0, 0.05) is 13.1 Å². The molecule has 0 saturated carbocycles. The topological polar surface area (TPSA) is 66.8 Å². The number of carboxylic acids is 1. The molecule has 0 spiro atoms. The van der Waals surface area contributed by atoms with Crippen molar-refractivity contribution in [2.24, 2.45) is 0 Å². The molecule has 0 aliphatic heterocycles. The standard InChI is InChI=1S/C14H19NO4.ClH/c1-11(16)12-5-3-4-6-13(12)19-10-9-15(2)8-7-14(17)18;/h3-6H,7-10H2,1-2H3,(H,17,18);1H. The van der Waals surface area contributed by atoms with Crippen LogP contribution in [0.5, 0.6) is 5.75 Å². The van der Waals surface area contributed by atoms with Crippen molar-refractivity contribution in [2.45, 2.75) is 13.3 Å². The molecule has 0 aliphatic carbocycles. The number of Topliss-reactive ketones (excluding diaryl/α,β-unsaturated/α-hetero) is 1. The highest BCUT2D eigenvalue weighted by atomic mass is 35.5. The maximum atomic E-state index is 11.4. The van der Waals surface area contributed by atoms with E-state index in [4.69, 9.17) is 9.84 Å². The Balaban J connectivity index is 0.00000361. The molecule has 0 radical (unpaired) electrons. The van der Waals surface area contributed by atoms with Crippen molar-refractivity contribution in [2.75, 3.05) is 26.7 Å². The molecule has 0 saturated heterocycles. The summed E-state index contributed by atoms with van der Waals surface area (Å²) in [6, 6.07) is 7.10. The third kappa shape index (κ3) is 6.54. The van der Waals surface area contributed by atoms with Crippen LogP contribution in [0.1, 0.15) is 23.7 Å². The van der Waals surface area contributed by atoms with Crippen molar-refractivity contribution in [3.05, 3.63) is 29.8 Å². The second-order valence-corrected chi connectivity index (χ2v) is 4.35. The number of hydrogen-bond donors (Lipinski definition) is 1. The first-order valence-corrected chi connectivity index (χ1v) is 6.14. The van der Waals surface area contributed by atoms with Gasteiger partial charge in [-0.2, -0.15) is 0 Å². The second kappa shape index (κ2) is 9.34. The molecular weight excluding hydrogens is 282 g/mol. The van der Waals surface area contributed by atoms with Crippen LogP contribution in [0.2, 0.25) is 0 Å². The number of carbonyl (C=O) groups is 2. The Morgan fingerprint density at radius 2 is 1.90 bits per heavy atom. The van der Waals surface area contributed by atoms with E-state index >= 15 is 0 Å². The van der Waals surface area contributed by atoms with Crippen molar-refractivity contribution < 1.29 is 19.4 Å². The summed E-state index contributed by atoms with van der Waals surface area (Å²) in [6.07, 6.45) is 0.112. The number of carboxylic acid groups (broad SMARTS) is 1. The van der Waals surface area contributed by atoms with Crippen LogP contribution in [0.3, 0.4) is 0 Å². The van der Waals surface area contributed by atoms with Crippen LogP contribution < -0.4 is 4.74 Å². The van der Waals surface area contributed by atoms with Gasteiger partial charge in [-0.25, -0.2) is 0 Å². The Morgan fingerprint density at radius 1 is 1.25 bits per heavy atom. The predicted octanol–water partition coefficient (Wildman–Crippen LogP) is 2.10. The van der Waals surface area contributed by atoms with Gasteiger partial charge in [-0.1, -0.05) is 12.1 Å². The fraction of sp³-hybridized carbons (Fsp3) is 0.429. The quantitative estimate of drug-likeness (QED) is 0.745. The van der Waals surface area contributed by atoms with Crippen LogP contribution in [0, 0.1) is 0 Å². The Hall–Kier alpha value is -1.59. The number of nitrogens with zero attached hydrogens (tertiary/aromatic N) is 1. The van der Waals surface area contributed by atoms with Crippen LogP contribution in [0.15, 0.2) is 24.3 Å². The molecule has 0 aromatic heterocycles. The van der Waals surface area contributed by atoms with Crippen LogP contribution in [-0.2, 0) is 4.79 Å². The molecule has 0 heterocycles. The maximum absolute atomic E-state index is 11.4. The summed E-state index contributed by atoms with van der Waals surface area (Å²) >= 11 is 0. The number of carbonyl (C=O) groups excluding carboxylic acids is 1. The zero-order valence-corrected chi connectivity index (χ0v) is 12.5. The number of halogens is 1. The van der Waals surface area contributed by atoms with Crippen molar-refractivity contribution >= 4 is 24.2 Å². The Bertz CT molecular complexity index is 451. The molecule has 1 N–H and O–H groups in total. The van der Waals surface area contributed by atoms with E-state index in [0.29, 0.717) is 31.0 Å².